The first-order valence-electron chi connectivity index (χ1n) is 5.02. The molecule has 0 atom stereocenters. The smallest absolute Gasteiger partial charge is 0.294 e. The lowest BCUT2D eigenvalue weighted by Gasteiger charge is -2.06. The van der Waals surface area contributed by atoms with E-state index >= 15 is 0 Å². The molecule has 0 aliphatic rings. The molecule has 1 rings (SSSR count). The highest BCUT2D eigenvalue weighted by molar-refractivity contribution is 7.85. The third kappa shape index (κ3) is 4.55. The largest absolute Gasteiger partial charge is 0.393 e. The molecule has 0 amide bonds. The Morgan fingerprint density at radius 2 is 2.11 bits per heavy atom. The first-order chi connectivity index (χ1) is 8.29. The van der Waals surface area contributed by atoms with Gasteiger partial charge in [-0.25, -0.2) is 0 Å². The number of anilines is 2. The number of nitro benzene ring substituents is 1. The predicted molar refractivity (Wildman–Crippen MR) is 67.0 cm³/mol. The van der Waals surface area contributed by atoms with Crippen LogP contribution in [-0.2, 0) is 10.1 Å². The van der Waals surface area contributed by atoms with Crippen LogP contribution in [0.2, 0.25) is 0 Å². The molecule has 0 aromatic heterocycles. The zero-order valence-corrected chi connectivity index (χ0v) is 10.2. The lowest BCUT2D eigenvalue weighted by atomic mass is 10.2. The van der Waals surface area contributed by atoms with Crippen molar-refractivity contribution in [3.63, 3.8) is 0 Å². The molecule has 0 fully saturated rings. The molecule has 18 heavy (non-hydrogen) atoms. The van der Waals surface area contributed by atoms with E-state index in [9.17, 15) is 18.5 Å². The summed E-state index contributed by atoms with van der Waals surface area (Å²) >= 11 is 0. The third-order valence-electron chi connectivity index (χ3n) is 2.14. The summed E-state index contributed by atoms with van der Waals surface area (Å²) in [5.74, 6) is -0.364. The topological polar surface area (TPSA) is 136 Å². The first-order valence-corrected chi connectivity index (χ1v) is 6.63. The van der Waals surface area contributed by atoms with Gasteiger partial charge in [0.15, 0.2) is 0 Å². The highest BCUT2D eigenvalue weighted by atomic mass is 32.2. The van der Waals surface area contributed by atoms with E-state index in [1.807, 2.05) is 0 Å². The van der Waals surface area contributed by atoms with Crippen molar-refractivity contribution in [2.75, 3.05) is 23.3 Å². The lowest BCUT2D eigenvalue weighted by Crippen LogP contribution is -2.10. The maximum absolute atomic E-state index is 10.6. The van der Waals surface area contributed by atoms with Gasteiger partial charge in [0.25, 0.3) is 15.8 Å². The molecule has 0 heterocycles. The van der Waals surface area contributed by atoms with E-state index in [1.54, 1.807) is 6.07 Å². The lowest BCUT2D eigenvalue weighted by molar-refractivity contribution is -0.383. The normalized spacial score (nSPS) is 11.2. The SMILES string of the molecule is Nc1ccc(NCCCS(=O)(=O)O)cc1[N+](=O)[O-]. The van der Waals surface area contributed by atoms with E-state index in [0.717, 1.165) is 0 Å². The molecule has 9 heteroatoms. The van der Waals surface area contributed by atoms with Gasteiger partial charge in [-0.2, -0.15) is 8.42 Å². The van der Waals surface area contributed by atoms with Gasteiger partial charge in [-0.15, -0.1) is 0 Å². The van der Waals surface area contributed by atoms with Crippen LogP contribution in [0, 0.1) is 10.1 Å². The van der Waals surface area contributed by atoms with Crippen LogP contribution in [0.1, 0.15) is 6.42 Å². The van der Waals surface area contributed by atoms with Crippen molar-refractivity contribution in [3.05, 3.63) is 28.3 Å². The van der Waals surface area contributed by atoms with Gasteiger partial charge in [0, 0.05) is 18.3 Å². The molecular formula is C9H13N3O5S. The summed E-state index contributed by atoms with van der Waals surface area (Å²) in [7, 11) is -3.98. The summed E-state index contributed by atoms with van der Waals surface area (Å²) in [6, 6.07) is 4.21. The molecule has 0 aliphatic carbocycles. The second kappa shape index (κ2) is 5.65. The minimum absolute atomic E-state index is 0.0588. The predicted octanol–water partition coefficient (Wildman–Crippen LogP) is 0.867. The molecule has 100 valence electrons. The first kappa shape index (κ1) is 14.2. The van der Waals surface area contributed by atoms with Crippen LogP contribution in [-0.4, -0.2) is 30.2 Å². The molecule has 1 aromatic carbocycles. The standard InChI is InChI=1S/C9H13N3O5S/c10-8-3-2-7(6-9(8)12(13)14)11-4-1-5-18(15,16)17/h2-3,6,11H,1,4-5,10H2,(H,15,16,17). The van der Waals surface area contributed by atoms with E-state index in [0.29, 0.717) is 5.69 Å². The van der Waals surface area contributed by atoms with E-state index < -0.39 is 15.0 Å². The molecule has 0 radical (unpaired) electrons. The number of nitrogens with one attached hydrogen (secondary N) is 1. The second-order valence-corrected chi connectivity index (χ2v) is 5.17. The van der Waals surface area contributed by atoms with Gasteiger partial charge >= 0.3 is 0 Å². The van der Waals surface area contributed by atoms with Gasteiger partial charge < -0.3 is 11.1 Å². The number of rotatable bonds is 6. The number of nitrogens with two attached hydrogens (primary N) is 1. The third-order valence-corrected chi connectivity index (χ3v) is 2.94. The van der Waals surface area contributed by atoms with Crippen LogP contribution in [0.15, 0.2) is 18.2 Å². The van der Waals surface area contributed by atoms with Crippen molar-refractivity contribution in [3.8, 4) is 0 Å². The average Bonchev–Trinajstić information content (AvgIpc) is 2.24. The van der Waals surface area contributed by atoms with Gasteiger partial charge in [0.2, 0.25) is 0 Å². The van der Waals surface area contributed by atoms with Crippen molar-refractivity contribution in [2.24, 2.45) is 0 Å². The maximum Gasteiger partial charge on any atom is 0.294 e. The zero-order valence-electron chi connectivity index (χ0n) is 9.37. The molecule has 0 aliphatic heterocycles. The van der Waals surface area contributed by atoms with Gasteiger partial charge in [0.1, 0.15) is 5.69 Å². The highest BCUT2D eigenvalue weighted by Gasteiger charge is 2.11. The molecule has 1 aromatic rings. The Labute approximate surface area is 104 Å². The summed E-state index contributed by atoms with van der Waals surface area (Å²) in [6.45, 7) is 0.265. The fraction of sp³-hybridized carbons (Fsp3) is 0.333. The Bertz CT molecular complexity index is 543. The minimum atomic E-state index is -3.98. The van der Waals surface area contributed by atoms with Crippen molar-refractivity contribution in [1.82, 2.24) is 0 Å². The van der Waals surface area contributed by atoms with E-state index in [-0.39, 0.29) is 30.1 Å². The van der Waals surface area contributed by atoms with E-state index in [2.05, 4.69) is 5.32 Å². The van der Waals surface area contributed by atoms with Crippen LogP contribution >= 0.6 is 0 Å². The van der Waals surface area contributed by atoms with Crippen LogP contribution in [0.25, 0.3) is 0 Å². The molecule has 0 bridgehead atoms. The molecule has 0 spiro atoms. The van der Waals surface area contributed by atoms with Crippen molar-refractivity contribution in [1.29, 1.82) is 0 Å². The summed E-state index contributed by atoms with van der Waals surface area (Å²) in [5.41, 5.74) is 5.73. The van der Waals surface area contributed by atoms with Crippen LogP contribution < -0.4 is 11.1 Å². The fourth-order valence-electron chi connectivity index (χ4n) is 1.30. The second-order valence-electron chi connectivity index (χ2n) is 3.60. The van der Waals surface area contributed by atoms with Gasteiger partial charge in [-0.05, 0) is 18.6 Å². The van der Waals surface area contributed by atoms with Crippen LogP contribution in [0.3, 0.4) is 0 Å². The van der Waals surface area contributed by atoms with Crippen molar-refractivity contribution < 1.29 is 17.9 Å². The fourth-order valence-corrected chi connectivity index (χ4v) is 1.81. The Balaban J connectivity index is 2.58. The number of nitrogen functional groups attached to an aromatic ring is 1. The Hall–Kier alpha value is -1.87. The van der Waals surface area contributed by atoms with Crippen molar-refractivity contribution in [2.45, 2.75) is 6.42 Å². The summed E-state index contributed by atoms with van der Waals surface area (Å²) in [5, 5.41) is 13.4. The molecule has 8 nitrogen and oxygen atoms in total. The summed E-state index contributed by atoms with van der Waals surface area (Å²) in [4.78, 5) is 10.0. The Morgan fingerprint density at radius 1 is 1.44 bits per heavy atom. The van der Waals surface area contributed by atoms with E-state index in [1.165, 1.54) is 12.1 Å². The van der Waals surface area contributed by atoms with Crippen LogP contribution in [0.5, 0.6) is 0 Å². The Morgan fingerprint density at radius 3 is 2.67 bits per heavy atom. The van der Waals surface area contributed by atoms with Gasteiger partial charge in [-0.3, -0.25) is 14.7 Å². The minimum Gasteiger partial charge on any atom is -0.393 e. The molecule has 4 N–H and O–H groups in total. The monoisotopic (exact) mass is 275 g/mol. The summed E-state index contributed by atoms with van der Waals surface area (Å²) < 4.78 is 29.4. The van der Waals surface area contributed by atoms with E-state index in [4.69, 9.17) is 10.3 Å². The number of benzene rings is 1. The quantitative estimate of drug-likeness (QED) is 0.230. The number of nitro groups is 1. The zero-order chi connectivity index (χ0) is 13.8. The molecule has 0 unspecified atom stereocenters. The van der Waals surface area contributed by atoms with Gasteiger partial charge in [0.05, 0.1) is 10.7 Å². The molecular weight excluding hydrogens is 262 g/mol. The van der Waals surface area contributed by atoms with Gasteiger partial charge in [-0.1, -0.05) is 0 Å². The van der Waals surface area contributed by atoms with Crippen LogP contribution in [0.4, 0.5) is 17.1 Å². The average molecular weight is 275 g/mol. The summed E-state index contributed by atoms with van der Waals surface area (Å²) in [6.07, 6.45) is 0.191. The van der Waals surface area contributed by atoms with Crippen molar-refractivity contribution >= 4 is 27.2 Å². The molecule has 0 saturated heterocycles. The number of hydrogen-bond acceptors (Lipinski definition) is 6. The number of hydrogen-bond donors (Lipinski definition) is 3. The highest BCUT2D eigenvalue weighted by Crippen LogP contribution is 2.24. The molecule has 0 saturated carbocycles. The maximum atomic E-state index is 10.6. The number of nitrogens with zero attached hydrogens (tertiary/aromatic N) is 1. The Kier molecular flexibility index (Phi) is 4.45.